The van der Waals surface area contributed by atoms with E-state index in [4.69, 9.17) is 4.74 Å². The van der Waals surface area contributed by atoms with Crippen LogP contribution in [-0.4, -0.2) is 38.7 Å². The lowest BCUT2D eigenvalue weighted by molar-refractivity contribution is -0.116. The van der Waals surface area contributed by atoms with Crippen LogP contribution in [0.3, 0.4) is 0 Å². The Morgan fingerprint density at radius 3 is 2.83 bits per heavy atom. The molecule has 0 saturated carbocycles. The number of H-pyrrole nitrogens is 1. The van der Waals surface area contributed by atoms with Crippen molar-refractivity contribution in [3.8, 4) is 0 Å². The summed E-state index contributed by atoms with van der Waals surface area (Å²) in [7, 11) is 1.28. The largest absolute Gasteiger partial charge is 0.464 e. The van der Waals surface area contributed by atoms with Gasteiger partial charge in [-0.25, -0.2) is 9.78 Å². The zero-order valence-corrected chi connectivity index (χ0v) is 16.2. The van der Waals surface area contributed by atoms with Crippen molar-refractivity contribution in [1.82, 2.24) is 19.7 Å². The summed E-state index contributed by atoms with van der Waals surface area (Å²) in [5.74, 6) is -0.751. The van der Waals surface area contributed by atoms with Crippen molar-refractivity contribution in [3.63, 3.8) is 0 Å². The summed E-state index contributed by atoms with van der Waals surface area (Å²) >= 11 is 0. The van der Waals surface area contributed by atoms with Gasteiger partial charge in [-0.05, 0) is 36.8 Å². The average molecular weight is 405 g/mol. The monoisotopic (exact) mass is 405 g/mol. The predicted molar refractivity (Wildman–Crippen MR) is 111 cm³/mol. The van der Waals surface area contributed by atoms with Gasteiger partial charge in [0, 0.05) is 24.0 Å². The number of nitrogens with zero attached hydrogens (tertiary/aromatic N) is 3. The molecule has 4 aromatic rings. The molecule has 2 aromatic carbocycles. The van der Waals surface area contributed by atoms with Crippen molar-refractivity contribution in [2.45, 2.75) is 19.4 Å². The molecule has 152 valence electrons. The number of esters is 1. The molecule has 4 rings (SSSR count). The molecular formula is C21H19N5O4. The molecular weight excluding hydrogens is 386 g/mol. The fourth-order valence-electron chi connectivity index (χ4n) is 3.24. The number of hydrogen-bond acceptors (Lipinski definition) is 6. The number of amides is 1. The van der Waals surface area contributed by atoms with Crippen LogP contribution in [0.5, 0.6) is 0 Å². The van der Waals surface area contributed by atoms with E-state index in [0.29, 0.717) is 40.5 Å². The van der Waals surface area contributed by atoms with Gasteiger partial charge in [-0.1, -0.05) is 12.1 Å². The van der Waals surface area contributed by atoms with Crippen molar-refractivity contribution >= 4 is 39.4 Å². The first kappa shape index (κ1) is 19.3. The van der Waals surface area contributed by atoms with Crippen LogP contribution < -0.4 is 10.9 Å². The first-order valence-corrected chi connectivity index (χ1v) is 9.37. The molecule has 0 aliphatic carbocycles. The highest BCUT2D eigenvalue weighted by molar-refractivity contribution is 6.03. The molecule has 30 heavy (non-hydrogen) atoms. The molecule has 0 bridgehead atoms. The molecule has 9 heteroatoms. The maximum Gasteiger partial charge on any atom is 0.359 e. The number of nitrogens with one attached hydrogen (secondary N) is 2. The quantitative estimate of drug-likeness (QED) is 0.476. The molecule has 0 saturated heterocycles. The lowest BCUT2D eigenvalue weighted by atomic mass is 10.2. The number of hydrogen-bond donors (Lipinski definition) is 2. The van der Waals surface area contributed by atoms with Crippen LogP contribution in [0.4, 0.5) is 5.69 Å². The van der Waals surface area contributed by atoms with Gasteiger partial charge in [0.1, 0.15) is 0 Å². The average Bonchev–Trinajstić information content (AvgIpc) is 3.18. The zero-order valence-electron chi connectivity index (χ0n) is 16.2. The van der Waals surface area contributed by atoms with Crippen molar-refractivity contribution in [1.29, 1.82) is 0 Å². The van der Waals surface area contributed by atoms with E-state index in [1.165, 1.54) is 18.0 Å². The summed E-state index contributed by atoms with van der Waals surface area (Å²) in [5, 5.41) is 10.6. The van der Waals surface area contributed by atoms with Crippen molar-refractivity contribution < 1.29 is 14.3 Å². The number of fused-ring (bicyclic) bond motifs is 2. The van der Waals surface area contributed by atoms with Gasteiger partial charge in [-0.15, -0.1) is 0 Å². The number of para-hydroxylation sites is 1. The van der Waals surface area contributed by atoms with E-state index in [1.54, 1.807) is 36.4 Å². The van der Waals surface area contributed by atoms with Gasteiger partial charge in [-0.3, -0.25) is 19.3 Å². The van der Waals surface area contributed by atoms with Crippen LogP contribution in [0.15, 0.2) is 53.6 Å². The summed E-state index contributed by atoms with van der Waals surface area (Å²) in [6, 6.07) is 12.3. The molecule has 0 spiro atoms. The fraction of sp³-hybridized carbons (Fsp3) is 0.190. The molecule has 0 aliphatic rings. The third kappa shape index (κ3) is 3.77. The first-order chi connectivity index (χ1) is 14.6. The summed E-state index contributed by atoms with van der Waals surface area (Å²) in [5.41, 5.74) is 1.89. The van der Waals surface area contributed by atoms with Gasteiger partial charge in [0.2, 0.25) is 5.91 Å². The molecule has 0 aliphatic heterocycles. The molecule has 0 fully saturated rings. The highest BCUT2D eigenvalue weighted by Crippen LogP contribution is 2.21. The Bertz CT molecular complexity index is 1310. The normalized spacial score (nSPS) is 11.0. The number of aromatic amines is 1. The number of carbonyl (C=O) groups excluding carboxylic acids is 2. The number of aryl methyl sites for hydroxylation is 1. The molecule has 2 N–H and O–H groups in total. The fourth-order valence-corrected chi connectivity index (χ4v) is 3.24. The summed E-state index contributed by atoms with van der Waals surface area (Å²) in [4.78, 5) is 40.9. The Balaban J connectivity index is 1.40. The van der Waals surface area contributed by atoms with Gasteiger partial charge < -0.3 is 10.1 Å². The van der Waals surface area contributed by atoms with E-state index in [-0.39, 0.29) is 23.6 Å². The summed E-state index contributed by atoms with van der Waals surface area (Å²) < 4.78 is 6.22. The minimum atomic E-state index is -0.556. The van der Waals surface area contributed by atoms with Crippen molar-refractivity contribution in [3.05, 3.63) is 64.8 Å². The lowest BCUT2D eigenvalue weighted by Crippen LogP contribution is -2.21. The Labute approximate surface area is 170 Å². The van der Waals surface area contributed by atoms with Crippen LogP contribution in [0.25, 0.3) is 21.8 Å². The molecule has 9 nitrogen and oxygen atoms in total. The Morgan fingerprint density at radius 2 is 2.00 bits per heavy atom. The van der Waals surface area contributed by atoms with Crippen LogP contribution in [0.1, 0.15) is 23.3 Å². The molecule has 2 aromatic heterocycles. The Hall–Kier alpha value is -4.01. The SMILES string of the molecule is COC(=O)c1n[nH]c2ccc(NC(=O)CCCn3cnc4ccccc4c3=O)cc12. The van der Waals surface area contributed by atoms with Gasteiger partial charge in [0.05, 0.1) is 29.9 Å². The van der Waals surface area contributed by atoms with Crippen molar-refractivity contribution in [2.24, 2.45) is 0 Å². The number of carbonyl (C=O) groups is 2. The molecule has 0 unspecified atom stereocenters. The third-order valence-electron chi connectivity index (χ3n) is 4.76. The van der Waals surface area contributed by atoms with E-state index in [2.05, 4.69) is 20.5 Å². The minimum absolute atomic E-state index is 0.123. The number of methoxy groups -OCH3 is 1. The van der Waals surface area contributed by atoms with E-state index in [9.17, 15) is 14.4 Å². The zero-order chi connectivity index (χ0) is 21.1. The first-order valence-electron chi connectivity index (χ1n) is 9.37. The number of benzene rings is 2. The molecule has 0 atom stereocenters. The second-order valence-electron chi connectivity index (χ2n) is 6.74. The van der Waals surface area contributed by atoms with Gasteiger partial charge in [0.15, 0.2) is 5.69 Å². The maximum atomic E-state index is 12.5. The van der Waals surface area contributed by atoms with Crippen LogP contribution >= 0.6 is 0 Å². The number of ether oxygens (including phenoxy) is 1. The van der Waals surface area contributed by atoms with Gasteiger partial charge in [-0.2, -0.15) is 5.10 Å². The molecule has 2 heterocycles. The second-order valence-corrected chi connectivity index (χ2v) is 6.74. The van der Waals surface area contributed by atoms with Crippen LogP contribution in [0.2, 0.25) is 0 Å². The standard InChI is InChI=1S/C21H19N5O4/c1-30-21(29)19-15-11-13(8-9-17(15)24-25-19)23-18(27)7-4-10-26-12-22-16-6-3-2-5-14(16)20(26)28/h2-3,5-6,8-9,11-12H,4,7,10H2,1H3,(H,23,27)(H,24,25). The highest BCUT2D eigenvalue weighted by atomic mass is 16.5. The Morgan fingerprint density at radius 1 is 1.17 bits per heavy atom. The smallest absolute Gasteiger partial charge is 0.359 e. The van der Waals surface area contributed by atoms with E-state index < -0.39 is 5.97 Å². The van der Waals surface area contributed by atoms with E-state index >= 15 is 0 Å². The van der Waals surface area contributed by atoms with Gasteiger partial charge in [0.25, 0.3) is 5.56 Å². The van der Waals surface area contributed by atoms with Crippen LogP contribution in [-0.2, 0) is 16.1 Å². The lowest BCUT2D eigenvalue weighted by Gasteiger charge is -2.08. The van der Waals surface area contributed by atoms with Gasteiger partial charge >= 0.3 is 5.97 Å². The summed E-state index contributed by atoms with van der Waals surface area (Å²) in [6.45, 7) is 0.386. The predicted octanol–water partition coefficient (Wildman–Crippen LogP) is 2.48. The Kier molecular flexibility index (Phi) is 5.25. The van der Waals surface area contributed by atoms with E-state index in [0.717, 1.165) is 0 Å². The van der Waals surface area contributed by atoms with E-state index in [1.807, 2.05) is 6.07 Å². The second kappa shape index (κ2) is 8.16. The summed E-state index contributed by atoms with van der Waals surface area (Å²) in [6.07, 6.45) is 2.21. The third-order valence-corrected chi connectivity index (χ3v) is 4.76. The molecule has 0 radical (unpaired) electrons. The topological polar surface area (TPSA) is 119 Å². The highest BCUT2D eigenvalue weighted by Gasteiger charge is 2.15. The number of anilines is 1. The number of rotatable bonds is 6. The maximum absolute atomic E-state index is 12.5. The van der Waals surface area contributed by atoms with Crippen LogP contribution in [0, 0.1) is 0 Å². The molecule has 1 amide bonds. The van der Waals surface area contributed by atoms with Crippen molar-refractivity contribution in [2.75, 3.05) is 12.4 Å². The number of aromatic nitrogens is 4. The minimum Gasteiger partial charge on any atom is -0.464 e.